The third-order valence-corrected chi connectivity index (χ3v) is 4.98. The average molecular weight is 315 g/mol. The van der Waals surface area contributed by atoms with Crippen molar-refractivity contribution in [2.45, 2.75) is 59.5 Å². The summed E-state index contributed by atoms with van der Waals surface area (Å²) in [6.07, 6.45) is 8.46. The van der Waals surface area contributed by atoms with E-state index in [1.165, 1.54) is 24.0 Å². The third-order valence-electron chi connectivity index (χ3n) is 4.98. The first kappa shape index (κ1) is 19.3. The molecule has 0 aromatic heterocycles. The highest BCUT2D eigenvalue weighted by molar-refractivity contribution is 5.30. The molecule has 0 spiro atoms. The quantitative estimate of drug-likeness (QED) is 0.650. The molecule has 2 heteroatoms. The van der Waals surface area contributed by atoms with Crippen LogP contribution in [0.15, 0.2) is 60.5 Å². The molecular weight excluding hydrogens is 280 g/mol. The Bertz CT molecular complexity index is 510. The standard InChI is InChI=1S/C21H34N2/c1-9-10-16(4)20(8)23-19(7)12-11-17(5)21(23)14-22-13-18(6)15(2)3/h9-10,13,17,19,21-22H,1-2,8,11-12,14H2,3-7H3/b16-10+,18-13+. The van der Waals surface area contributed by atoms with Crippen molar-refractivity contribution in [3.05, 3.63) is 60.5 Å². The summed E-state index contributed by atoms with van der Waals surface area (Å²) in [5.74, 6) is 0.644. The lowest BCUT2D eigenvalue weighted by Gasteiger charge is -2.47. The lowest BCUT2D eigenvalue weighted by atomic mass is 9.86. The summed E-state index contributed by atoms with van der Waals surface area (Å²) in [5, 5.41) is 3.50. The monoisotopic (exact) mass is 314 g/mol. The molecule has 0 aromatic rings. The van der Waals surface area contributed by atoms with E-state index in [9.17, 15) is 0 Å². The van der Waals surface area contributed by atoms with E-state index in [0.29, 0.717) is 18.0 Å². The molecule has 23 heavy (non-hydrogen) atoms. The molecule has 0 saturated carbocycles. The molecule has 0 amide bonds. The van der Waals surface area contributed by atoms with Crippen LogP contribution in [0.2, 0.25) is 0 Å². The summed E-state index contributed by atoms with van der Waals surface area (Å²) in [6, 6.07) is 0.971. The number of allylic oxidation sites excluding steroid dienone is 5. The predicted molar refractivity (Wildman–Crippen MR) is 103 cm³/mol. The van der Waals surface area contributed by atoms with E-state index < -0.39 is 0 Å². The van der Waals surface area contributed by atoms with E-state index in [-0.39, 0.29) is 0 Å². The van der Waals surface area contributed by atoms with Gasteiger partial charge in [-0.3, -0.25) is 0 Å². The van der Waals surface area contributed by atoms with Crippen LogP contribution in [-0.4, -0.2) is 23.5 Å². The highest BCUT2D eigenvalue weighted by Gasteiger charge is 2.33. The van der Waals surface area contributed by atoms with E-state index in [1.54, 1.807) is 0 Å². The fourth-order valence-corrected chi connectivity index (χ4v) is 3.13. The Hall–Kier alpha value is -1.70. The average Bonchev–Trinajstić information content (AvgIpc) is 2.50. The molecule has 1 saturated heterocycles. The minimum absolute atomic E-state index is 0.452. The van der Waals surface area contributed by atoms with Crippen molar-refractivity contribution in [3.63, 3.8) is 0 Å². The molecule has 1 N–H and O–H groups in total. The van der Waals surface area contributed by atoms with Gasteiger partial charge in [0.1, 0.15) is 0 Å². The van der Waals surface area contributed by atoms with Gasteiger partial charge in [0.15, 0.2) is 0 Å². The predicted octanol–water partition coefficient (Wildman–Crippen LogP) is 5.19. The Morgan fingerprint density at radius 3 is 2.35 bits per heavy atom. The van der Waals surface area contributed by atoms with Gasteiger partial charge in [0, 0.05) is 24.3 Å². The molecule has 1 rings (SSSR count). The highest BCUT2D eigenvalue weighted by atomic mass is 15.2. The normalized spacial score (nSPS) is 26.0. The maximum Gasteiger partial charge on any atom is 0.0490 e. The first-order valence-electron chi connectivity index (χ1n) is 8.62. The Morgan fingerprint density at radius 1 is 1.13 bits per heavy atom. The SMILES string of the molecule is C=C/C=C(\C)C(=C)N1C(C)CCC(C)C1CN/C=C(\C)C(=C)C. The Morgan fingerprint density at radius 2 is 1.78 bits per heavy atom. The Labute approximate surface area is 143 Å². The van der Waals surface area contributed by atoms with Gasteiger partial charge in [-0.25, -0.2) is 0 Å². The summed E-state index contributed by atoms with van der Waals surface area (Å²) < 4.78 is 0. The first-order chi connectivity index (χ1) is 10.8. The number of rotatable bonds is 7. The smallest absolute Gasteiger partial charge is 0.0490 e. The lowest BCUT2D eigenvalue weighted by Crippen LogP contribution is -2.52. The fraction of sp³-hybridized carbons (Fsp3) is 0.524. The minimum Gasteiger partial charge on any atom is -0.389 e. The second-order valence-electron chi connectivity index (χ2n) is 6.93. The van der Waals surface area contributed by atoms with Crippen LogP contribution in [0, 0.1) is 5.92 Å². The third kappa shape index (κ3) is 5.16. The Kier molecular flexibility index (Phi) is 7.41. The van der Waals surface area contributed by atoms with Crippen molar-refractivity contribution in [2.24, 2.45) is 5.92 Å². The van der Waals surface area contributed by atoms with Gasteiger partial charge in [-0.15, -0.1) is 0 Å². The second-order valence-corrected chi connectivity index (χ2v) is 6.93. The van der Waals surface area contributed by atoms with Gasteiger partial charge in [-0.2, -0.15) is 0 Å². The van der Waals surface area contributed by atoms with E-state index in [1.807, 2.05) is 19.1 Å². The molecule has 0 radical (unpaired) electrons. The van der Waals surface area contributed by atoms with Crippen molar-refractivity contribution in [1.82, 2.24) is 10.2 Å². The van der Waals surface area contributed by atoms with Gasteiger partial charge in [0.05, 0.1) is 0 Å². The minimum atomic E-state index is 0.452. The van der Waals surface area contributed by atoms with Crippen LogP contribution in [0.25, 0.3) is 0 Å². The molecule has 0 bridgehead atoms. The molecule has 1 aliphatic heterocycles. The summed E-state index contributed by atoms with van der Waals surface area (Å²) in [4.78, 5) is 2.50. The molecule has 1 aliphatic rings. The maximum absolute atomic E-state index is 4.36. The van der Waals surface area contributed by atoms with Crippen LogP contribution < -0.4 is 5.32 Å². The summed E-state index contributed by atoms with van der Waals surface area (Å²) >= 11 is 0. The molecule has 3 unspecified atom stereocenters. The zero-order chi connectivity index (χ0) is 17.6. The number of piperidine rings is 1. The number of likely N-dealkylation sites (tertiary alicyclic amines) is 1. The molecule has 3 atom stereocenters. The van der Waals surface area contributed by atoms with Crippen LogP contribution in [0.1, 0.15) is 47.5 Å². The Balaban J connectivity index is 2.91. The molecule has 128 valence electrons. The molecule has 0 aliphatic carbocycles. The van der Waals surface area contributed by atoms with Crippen LogP contribution in [0.3, 0.4) is 0 Å². The largest absolute Gasteiger partial charge is 0.389 e. The van der Waals surface area contributed by atoms with Gasteiger partial charge in [0.25, 0.3) is 0 Å². The van der Waals surface area contributed by atoms with Gasteiger partial charge in [0.2, 0.25) is 0 Å². The van der Waals surface area contributed by atoms with E-state index in [4.69, 9.17) is 0 Å². The van der Waals surface area contributed by atoms with Gasteiger partial charge in [-0.1, -0.05) is 44.4 Å². The lowest BCUT2D eigenvalue weighted by molar-refractivity contribution is 0.0932. The van der Waals surface area contributed by atoms with Gasteiger partial charge < -0.3 is 10.2 Å². The van der Waals surface area contributed by atoms with Gasteiger partial charge in [-0.05, 0) is 63.8 Å². The summed E-state index contributed by atoms with van der Waals surface area (Å²) in [6.45, 7) is 24.0. The molecule has 1 fully saturated rings. The topological polar surface area (TPSA) is 15.3 Å². The molecule has 2 nitrogen and oxygen atoms in total. The van der Waals surface area contributed by atoms with Crippen LogP contribution >= 0.6 is 0 Å². The molecule has 1 heterocycles. The van der Waals surface area contributed by atoms with E-state index >= 15 is 0 Å². The second kappa shape index (κ2) is 8.81. The number of hydrogen-bond donors (Lipinski definition) is 1. The molecular formula is C21H34N2. The van der Waals surface area contributed by atoms with Crippen LogP contribution in [-0.2, 0) is 0 Å². The van der Waals surface area contributed by atoms with Crippen molar-refractivity contribution in [2.75, 3.05) is 6.54 Å². The molecule has 0 aromatic carbocycles. The zero-order valence-corrected chi connectivity index (χ0v) is 15.7. The van der Waals surface area contributed by atoms with Crippen molar-refractivity contribution in [3.8, 4) is 0 Å². The zero-order valence-electron chi connectivity index (χ0n) is 15.7. The van der Waals surface area contributed by atoms with Crippen molar-refractivity contribution < 1.29 is 0 Å². The van der Waals surface area contributed by atoms with Crippen molar-refractivity contribution in [1.29, 1.82) is 0 Å². The number of hydrogen-bond acceptors (Lipinski definition) is 2. The highest BCUT2D eigenvalue weighted by Crippen LogP contribution is 2.32. The van der Waals surface area contributed by atoms with Gasteiger partial charge >= 0.3 is 0 Å². The van der Waals surface area contributed by atoms with Crippen LogP contribution in [0.4, 0.5) is 0 Å². The number of nitrogens with zero attached hydrogens (tertiary/aromatic N) is 1. The first-order valence-corrected chi connectivity index (χ1v) is 8.62. The number of nitrogens with one attached hydrogen (secondary N) is 1. The fourth-order valence-electron chi connectivity index (χ4n) is 3.13. The maximum atomic E-state index is 4.36. The van der Waals surface area contributed by atoms with Crippen LogP contribution in [0.5, 0.6) is 0 Å². The van der Waals surface area contributed by atoms with E-state index in [2.05, 4.69) is 63.8 Å². The summed E-state index contributed by atoms with van der Waals surface area (Å²) in [5.41, 5.74) is 4.62. The van der Waals surface area contributed by atoms with E-state index in [0.717, 1.165) is 17.8 Å². The summed E-state index contributed by atoms with van der Waals surface area (Å²) in [7, 11) is 0. The van der Waals surface area contributed by atoms with Crippen molar-refractivity contribution >= 4 is 0 Å².